The molecule has 0 unspecified atom stereocenters. The second-order valence-corrected chi connectivity index (χ2v) is 9.88. The monoisotopic (exact) mass is 462 g/mol. The normalized spacial score (nSPS) is 12.3. The molecule has 160 valence electrons. The van der Waals surface area contributed by atoms with E-state index in [9.17, 15) is 21.6 Å². The number of nitrogens with zero attached hydrogens (tertiary/aromatic N) is 1. The first-order valence-corrected chi connectivity index (χ1v) is 11.7. The van der Waals surface area contributed by atoms with Crippen molar-refractivity contribution in [3.63, 3.8) is 0 Å². The fourth-order valence-electron chi connectivity index (χ4n) is 3.06. The average Bonchev–Trinajstić information content (AvgIpc) is 3.10. The molecule has 0 aliphatic carbocycles. The van der Waals surface area contributed by atoms with Crippen molar-refractivity contribution in [1.82, 2.24) is 4.98 Å². The van der Waals surface area contributed by atoms with Crippen molar-refractivity contribution in [2.24, 2.45) is 0 Å². The predicted octanol–water partition coefficient (Wildman–Crippen LogP) is 6.23. The van der Waals surface area contributed by atoms with E-state index in [1.54, 1.807) is 35.6 Å². The number of hydrogen-bond donors (Lipinski definition) is 1. The summed E-state index contributed by atoms with van der Waals surface area (Å²) in [6.07, 6.45) is -4.46. The van der Waals surface area contributed by atoms with Crippen LogP contribution >= 0.6 is 11.3 Å². The first-order valence-electron chi connectivity index (χ1n) is 9.23. The second kappa shape index (κ2) is 7.97. The number of anilines is 1. The van der Waals surface area contributed by atoms with E-state index in [1.165, 1.54) is 12.1 Å². The topological polar surface area (TPSA) is 59.1 Å². The minimum absolute atomic E-state index is 0.266. The lowest BCUT2D eigenvalue weighted by Gasteiger charge is -2.10. The van der Waals surface area contributed by atoms with E-state index in [-0.39, 0.29) is 5.56 Å². The number of aryl methyl sites for hydroxylation is 1. The van der Waals surface area contributed by atoms with Crippen LogP contribution in [0.15, 0.2) is 66.7 Å². The van der Waals surface area contributed by atoms with Crippen LogP contribution in [0.25, 0.3) is 20.8 Å². The maximum Gasteiger partial charge on any atom is 0.416 e. The molecule has 4 rings (SSSR count). The minimum Gasteiger partial charge on any atom is -0.283 e. The number of rotatable bonds is 5. The first-order chi connectivity index (χ1) is 14.6. The predicted molar refractivity (Wildman–Crippen MR) is 117 cm³/mol. The Bertz CT molecular complexity index is 1330. The summed E-state index contributed by atoms with van der Waals surface area (Å²) in [5, 5.41) is 0.833. The average molecular weight is 463 g/mol. The number of sulfonamides is 1. The Morgan fingerprint density at radius 3 is 2.29 bits per heavy atom. The molecule has 0 spiro atoms. The second-order valence-electron chi connectivity index (χ2n) is 7.12. The molecule has 3 aromatic carbocycles. The Kier molecular flexibility index (Phi) is 5.49. The first kappa shape index (κ1) is 21.3. The van der Waals surface area contributed by atoms with Gasteiger partial charge in [0.1, 0.15) is 5.01 Å². The van der Waals surface area contributed by atoms with E-state index in [2.05, 4.69) is 15.8 Å². The molecule has 0 fully saturated rings. The third-order valence-corrected chi connectivity index (χ3v) is 6.91. The molecule has 0 amide bonds. The van der Waals surface area contributed by atoms with Crippen LogP contribution in [0.5, 0.6) is 0 Å². The van der Waals surface area contributed by atoms with E-state index in [0.717, 1.165) is 38.5 Å². The van der Waals surface area contributed by atoms with Crippen molar-refractivity contribution >= 4 is 37.3 Å². The van der Waals surface area contributed by atoms with Gasteiger partial charge in [-0.3, -0.25) is 4.72 Å². The lowest BCUT2D eigenvalue weighted by molar-refractivity contribution is -0.137. The number of fused-ring (bicyclic) bond motifs is 1. The molecule has 0 saturated carbocycles. The quantitative estimate of drug-likeness (QED) is 0.382. The lowest BCUT2D eigenvalue weighted by atomic mass is 10.1. The highest BCUT2D eigenvalue weighted by Gasteiger charge is 2.30. The van der Waals surface area contributed by atoms with Gasteiger partial charge in [0.25, 0.3) is 0 Å². The van der Waals surface area contributed by atoms with Gasteiger partial charge in [0, 0.05) is 11.3 Å². The SMILES string of the molecule is Cc1ccc2nc(-c3ccc(NS(=O)(=O)Cc4ccc(C(F)(F)F)cc4)cc3)sc2c1. The third-order valence-electron chi connectivity index (χ3n) is 4.59. The molecule has 1 N–H and O–H groups in total. The maximum atomic E-state index is 12.6. The minimum atomic E-state index is -4.46. The Labute approximate surface area is 181 Å². The summed E-state index contributed by atoms with van der Waals surface area (Å²) in [4.78, 5) is 4.61. The molecule has 0 aliphatic rings. The molecule has 9 heteroatoms. The Balaban J connectivity index is 1.47. The van der Waals surface area contributed by atoms with E-state index >= 15 is 0 Å². The number of alkyl halides is 3. The van der Waals surface area contributed by atoms with Gasteiger partial charge < -0.3 is 0 Å². The number of aromatic nitrogens is 1. The zero-order valence-electron chi connectivity index (χ0n) is 16.3. The summed E-state index contributed by atoms with van der Waals surface area (Å²) >= 11 is 1.56. The van der Waals surface area contributed by atoms with E-state index in [4.69, 9.17) is 0 Å². The smallest absolute Gasteiger partial charge is 0.283 e. The summed E-state index contributed by atoms with van der Waals surface area (Å²) in [7, 11) is -3.78. The molecule has 4 nitrogen and oxygen atoms in total. The van der Waals surface area contributed by atoms with Crippen LogP contribution in [0.2, 0.25) is 0 Å². The van der Waals surface area contributed by atoms with Crippen LogP contribution < -0.4 is 4.72 Å². The van der Waals surface area contributed by atoms with Crippen molar-refractivity contribution in [2.45, 2.75) is 18.9 Å². The standard InChI is InChI=1S/C22H17F3N2O2S2/c1-14-2-11-19-20(12-14)30-21(26-19)16-5-9-18(10-6-16)27-31(28,29)13-15-3-7-17(8-4-15)22(23,24)25/h2-12,27H,13H2,1H3. The largest absolute Gasteiger partial charge is 0.416 e. The van der Waals surface area contributed by atoms with Crippen molar-refractivity contribution in [1.29, 1.82) is 0 Å². The molecule has 31 heavy (non-hydrogen) atoms. The zero-order chi connectivity index (χ0) is 22.2. The summed E-state index contributed by atoms with van der Waals surface area (Å²) in [5.41, 5.74) is 2.74. The lowest BCUT2D eigenvalue weighted by Crippen LogP contribution is -2.15. The number of nitrogens with one attached hydrogen (secondary N) is 1. The summed E-state index contributed by atoms with van der Waals surface area (Å²) in [6, 6.07) is 16.9. The van der Waals surface area contributed by atoms with Gasteiger partial charge in [0.15, 0.2) is 0 Å². The van der Waals surface area contributed by atoms with Crippen molar-refractivity contribution < 1.29 is 21.6 Å². The van der Waals surface area contributed by atoms with Crippen LogP contribution in [-0.2, 0) is 22.0 Å². The number of benzene rings is 3. The molecular formula is C22H17F3N2O2S2. The Morgan fingerprint density at radius 2 is 1.65 bits per heavy atom. The number of halogens is 3. The van der Waals surface area contributed by atoms with Crippen LogP contribution in [0.3, 0.4) is 0 Å². The fourth-order valence-corrected chi connectivity index (χ4v) is 5.33. The Morgan fingerprint density at radius 1 is 0.968 bits per heavy atom. The van der Waals surface area contributed by atoms with Crippen LogP contribution in [0, 0.1) is 6.92 Å². The van der Waals surface area contributed by atoms with Crippen LogP contribution in [0.1, 0.15) is 16.7 Å². The molecular weight excluding hydrogens is 445 g/mol. The van der Waals surface area contributed by atoms with Crippen molar-refractivity contribution in [3.8, 4) is 10.6 Å². The third kappa shape index (κ3) is 5.05. The summed E-state index contributed by atoms with van der Waals surface area (Å²) < 4.78 is 66.3. The number of hydrogen-bond acceptors (Lipinski definition) is 4. The van der Waals surface area contributed by atoms with Crippen molar-refractivity contribution in [2.75, 3.05) is 4.72 Å². The highest BCUT2D eigenvalue weighted by Crippen LogP contribution is 2.32. The molecule has 0 atom stereocenters. The highest BCUT2D eigenvalue weighted by molar-refractivity contribution is 7.91. The zero-order valence-corrected chi connectivity index (χ0v) is 17.9. The van der Waals surface area contributed by atoms with Gasteiger partial charge in [0.2, 0.25) is 10.0 Å². The molecule has 0 saturated heterocycles. The maximum absolute atomic E-state index is 12.6. The van der Waals surface area contributed by atoms with Crippen LogP contribution in [0.4, 0.5) is 18.9 Å². The van der Waals surface area contributed by atoms with E-state index < -0.39 is 27.5 Å². The number of thiazole rings is 1. The van der Waals surface area contributed by atoms with Gasteiger partial charge in [-0.1, -0.05) is 18.2 Å². The van der Waals surface area contributed by atoms with Gasteiger partial charge in [-0.15, -0.1) is 11.3 Å². The van der Waals surface area contributed by atoms with Crippen LogP contribution in [-0.4, -0.2) is 13.4 Å². The molecule has 0 bridgehead atoms. The van der Waals surface area contributed by atoms with Gasteiger partial charge in [-0.25, -0.2) is 13.4 Å². The molecule has 0 aliphatic heterocycles. The van der Waals surface area contributed by atoms with Crippen molar-refractivity contribution in [3.05, 3.63) is 83.4 Å². The summed E-state index contributed by atoms with van der Waals surface area (Å²) in [6.45, 7) is 2.02. The van der Waals surface area contributed by atoms with Gasteiger partial charge in [-0.05, 0) is 66.6 Å². The fraction of sp³-hybridized carbons (Fsp3) is 0.136. The highest BCUT2D eigenvalue weighted by atomic mass is 32.2. The van der Waals surface area contributed by atoms with E-state index in [0.29, 0.717) is 5.69 Å². The van der Waals surface area contributed by atoms with Gasteiger partial charge in [-0.2, -0.15) is 13.2 Å². The van der Waals surface area contributed by atoms with Gasteiger partial charge >= 0.3 is 6.18 Å². The van der Waals surface area contributed by atoms with Gasteiger partial charge in [0.05, 0.1) is 21.5 Å². The Hall–Kier alpha value is -2.91. The molecule has 4 aromatic rings. The van der Waals surface area contributed by atoms with E-state index in [1.807, 2.05) is 19.1 Å². The molecule has 0 radical (unpaired) electrons. The summed E-state index contributed by atoms with van der Waals surface area (Å²) in [5.74, 6) is -0.426. The molecule has 1 aromatic heterocycles. The molecule has 1 heterocycles.